The van der Waals surface area contributed by atoms with Crippen LogP contribution in [0, 0.1) is 5.92 Å². The van der Waals surface area contributed by atoms with Gasteiger partial charge in [-0.3, -0.25) is 0 Å². The van der Waals surface area contributed by atoms with Crippen molar-refractivity contribution < 1.29 is 0 Å². The molecule has 1 aliphatic carbocycles. The molecule has 3 unspecified atom stereocenters. The number of nitrogens with one attached hydrogen (secondary N) is 1. The Bertz CT molecular complexity index is 182. The lowest BCUT2D eigenvalue weighted by Gasteiger charge is -2.20. The Morgan fingerprint density at radius 2 is 1.94 bits per heavy atom. The molecule has 0 saturated heterocycles. The highest BCUT2D eigenvalue weighted by molar-refractivity contribution is 7.99. The van der Waals surface area contributed by atoms with Gasteiger partial charge in [0.2, 0.25) is 0 Å². The van der Waals surface area contributed by atoms with Crippen molar-refractivity contribution in [2.45, 2.75) is 77.1 Å². The van der Waals surface area contributed by atoms with Crippen molar-refractivity contribution in [1.29, 1.82) is 0 Å². The molecule has 0 heterocycles. The molecule has 3 atom stereocenters. The molecule has 0 amide bonds. The Kier molecular flexibility index (Phi) is 6.83. The van der Waals surface area contributed by atoms with Gasteiger partial charge in [-0.15, -0.1) is 0 Å². The predicted octanol–water partition coefficient (Wildman–Crippen LogP) is 4.07. The largest absolute Gasteiger partial charge is 0.311 e. The molecular weight excluding hydrogens is 214 g/mol. The van der Waals surface area contributed by atoms with Gasteiger partial charge in [0, 0.05) is 17.3 Å². The number of hydrogen-bond acceptors (Lipinski definition) is 2. The summed E-state index contributed by atoms with van der Waals surface area (Å²) >= 11 is 2.15. The van der Waals surface area contributed by atoms with E-state index in [-0.39, 0.29) is 0 Å². The first-order valence-electron chi connectivity index (χ1n) is 6.99. The van der Waals surface area contributed by atoms with Crippen molar-refractivity contribution in [3.05, 3.63) is 0 Å². The molecule has 1 saturated carbocycles. The van der Waals surface area contributed by atoms with Gasteiger partial charge in [0.15, 0.2) is 0 Å². The van der Waals surface area contributed by atoms with Crippen LogP contribution >= 0.6 is 11.8 Å². The van der Waals surface area contributed by atoms with Crippen LogP contribution in [0.15, 0.2) is 0 Å². The van der Waals surface area contributed by atoms with Gasteiger partial charge in [0.25, 0.3) is 0 Å². The molecule has 1 N–H and O–H groups in total. The van der Waals surface area contributed by atoms with Crippen molar-refractivity contribution in [1.82, 2.24) is 5.32 Å². The summed E-state index contributed by atoms with van der Waals surface area (Å²) in [5, 5.41) is 4.74. The first-order valence-corrected chi connectivity index (χ1v) is 8.04. The fourth-order valence-electron chi connectivity index (χ4n) is 2.55. The molecule has 0 spiro atoms. The van der Waals surface area contributed by atoms with Crippen LogP contribution in [0.1, 0.15) is 59.8 Å². The molecule has 1 fully saturated rings. The second kappa shape index (κ2) is 7.60. The average Bonchev–Trinajstić information content (AvgIpc) is 2.63. The van der Waals surface area contributed by atoms with E-state index >= 15 is 0 Å². The van der Waals surface area contributed by atoms with E-state index in [2.05, 4.69) is 44.8 Å². The number of thioether (sulfide) groups is 1. The molecule has 16 heavy (non-hydrogen) atoms. The number of hydrogen-bond donors (Lipinski definition) is 1. The minimum atomic E-state index is 0.706. The molecule has 1 aliphatic rings. The van der Waals surface area contributed by atoms with E-state index < -0.39 is 0 Å². The summed E-state index contributed by atoms with van der Waals surface area (Å²) in [4.78, 5) is 0. The normalized spacial score (nSPS) is 27.6. The van der Waals surface area contributed by atoms with Crippen molar-refractivity contribution in [3.8, 4) is 0 Å². The van der Waals surface area contributed by atoms with Gasteiger partial charge < -0.3 is 5.32 Å². The van der Waals surface area contributed by atoms with Crippen LogP contribution in [0.2, 0.25) is 0 Å². The molecule has 0 radical (unpaired) electrons. The lowest BCUT2D eigenvalue weighted by Crippen LogP contribution is -2.35. The zero-order valence-electron chi connectivity index (χ0n) is 11.5. The van der Waals surface area contributed by atoms with E-state index in [0.29, 0.717) is 6.04 Å². The summed E-state index contributed by atoms with van der Waals surface area (Å²) in [7, 11) is 0. The number of rotatable bonds is 7. The van der Waals surface area contributed by atoms with Gasteiger partial charge in [0.05, 0.1) is 0 Å². The first kappa shape index (κ1) is 14.4. The minimum absolute atomic E-state index is 0.706. The highest BCUT2D eigenvalue weighted by Gasteiger charge is 2.25. The lowest BCUT2D eigenvalue weighted by atomic mass is 10.0. The lowest BCUT2D eigenvalue weighted by molar-refractivity contribution is 0.402. The Labute approximate surface area is 106 Å². The Morgan fingerprint density at radius 3 is 2.56 bits per heavy atom. The fraction of sp³-hybridized carbons (Fsp3) is 1.00. The maximum atomic E-state index is 3.81. The van der Waals surface area contributed by atoms with Crippen LogP contribution in [0.5, 0.6) is 0 Å². The first-order chi connectivity index (χ1) is 7.61. The predicted molar refractivity (Wildman–Crippen MR) is 76.2 cm³/mol. The maximum Gasteiger partial charge on any atom is 0.00804 e. The van der Waals surface area contributed by atoms with Crippen LogP contribution in [-0.2, 0) is 0 Å². The molecule has 0 aromatic carbocycles. The third kappa shape index (κ3) is 5.58. The van der Waals surface area contributed by atoms with E-state index in [1.807, 2.05) is 0 Å². The molecular formula is C14H29NS. The SMILES string of the molecule is CCSC1CCC(NC(C)CCC(C)C)C1. The third-order valence-electron chi connectivity index (χ3n) is 3.48. The quantitative estimate of drug-likeness (QED) is 0.723. The Hall–Kier alpha value is 0.310. The maximum absolute atomic E-state index is 3.81. The van der Waals surface area contributed by atoms with E-state index in [9.17, 15) is 0 Å². The highest BCUT2D eigenvalue weighted by Crippen LogP contribution is 2.30. The van der Waals surface area contributed by atoms with Crippen LogP contribution in [0.4, 0.5) is 0 Å². The summed E-state index contributed by atoms with van der Waals surface area (Å²) < 4.78 is 0. The smallest absolute Gasteiger partial charge is 0.00804 e. The monoisotopic (exact) mass is 243 g/mol. The molecule has 1 nitrogen and oxygen atoms in total. The van der Waals surface area contributed by atoms with Gasteiger partial charge >= 0.3 is 0 Å². The van der Waals surface area contributed by atoms with Crippen molar-refractivity contribution in [2.24, 2.45) is 5.92 Å². The van der Waals surface area contributed by atoms with Crippen molar-refractivity contribution >= 4 is 11.8 Å². The fourth-order valence-corrected chi connectivity index (χ4v) is 3.69. The second-order valence-electron chi connectivity index (χ2n) is 5.63. The highest BCUT2D eigenvalue weighted by atomic mass is 32.2. The molecule has 0 aliphatic heterocycles. The molecule has 0 bridgehead atoms. The molecule has 0 aromatic rings. The summed E-state index contributed by atoms with van der Waals surface area (Å²) in [5.41, 5.74) is 0. The van der Waals surface area contributed by atoms with Gasteiger partial charge in [-0.25, -0.2) is 0 Å². The van der Waals surface area contributed by atoms with Crippen LogP contribution in [0.25, 0.3) is 0 Å². The van der Waals surface area contributed by atoms with Crippen molar-refractivity contribution in [3.63, 3.8) is 0 Å². The molecule has 96 valence electrons. The van der Waals surface area contributed by atoms with E-state index in [1.54, 1.807) is 0 Å². The Balaban J connectivity index is 2.13. The second-order valence-corrected chi connectivity index (χ2v) is 7.20. The summed E-state index contributed by atoms with van der Waals surface area (Å²) in [6.45, 7) is 9.26. The third-order valence-corrected chi connectivity index (χ3v) is 4.72. The van der Waals surface area contributed by atoms with Crippen LogP contribution < -0.4 is 5.32 Å². The van der Waals surface area contributed by atoms with Gasteiger partial charge in [-0.2, -0.15) is 11.8 Å². The van der Waals surface area contributed by atoms with Gasteiger partial charge in [-0.05, 0) is 50.7 Å². The van der Waals surface area contributed by atoms with Gasteiger partial charge in [0.1, 0.15) is 0 Å². The molecule has 0 aromatic heterocycles. The minimum Gasteiger partial charge on any atom is -0.311 e. The zero-order chi connectivity index (χ0) is 12.0. The topological polar surface area (TPSA) is 12.0 Å². The van der Waals surface area contributed by atoms with E-state index in [1.165, 1.54) is 37.9 Å². The van der Waals surface area contributed by atoms with E-state index in [0.717, 1.165) is 17.2 Å². The Morgan fingerprint density at radius 1 is 1.19 bits per heavy atom. The summed E-state index contributed by atoms with van der Waals surface area (Å²) in [5.74, 6) is 2.12. The summed E-state index contributed by atoms with van der Waals surface area (Å²) in [6, 6.07) is 1.50. The van der Waals surface area contributed by atoms with Crippen LogP contribution in [-0.4, -0.2) is 23.1 Å². The van der Waals surface area contributed by atoms with E-state index in [4.69, 9.17) is 0 Å². The van der Waals surface area contributed by atoms with Crippen LogP contribution in [0.3, 0.4) is 0 Å². The van der Waals surface area contributed by atoms with Crippen molar-refractivity contribution in [2.75, 3.05) is 5.75 Å². The zero-order valence-corrected chi connectivity index (χ0v) is 12.3. The molecule has 2 heteroatoms. The molecule has 1 rings (SSSR count). The standard InChI is InChI=1S/C14H29NS/c1-5-16-14-9-8-13(10-14)15-12(4)7-6-11(2)3/h11-15H,5-10H2,1-4H3. The summed E-state index contributed by atoms with van der Waals surface area (Å²) in [6.07, 6.45) is 6.90. The average molecular weight is 243 g/mol. The van der Waals surface area contributed by atoms with Gasteiger partial charge in [-0.1, -0.05) is 20.8 Å².